The highest BCUT2D eigenvalue weighted by atomic mass is 14.9. The Kier molecular flexibility index (Phi) is 4.11. The maximum atomic E-state index is 9.43. The van der Waals surface area contributed by atoms with Crippen LogP contribution in [-0.2, 0) is 0 Å². The van der Waals surface area contributed by atoms with Gasteiger partial charge in [-0.3, -0.25) is 0 Å². The largest absolute Gasteiger partial charge is 0.242 e. The van der Waals surface area contributed by atoms with E-state index in [-0.39, 0.29) is 78.0 Å². The first-order chi connectivity index (χ1) is 16.6. The summed E-state index contributed by atoms with van der Waals surface area (Å²) in [6.45, 7) is 0. The van der Waals surface area contributed by atoms with Gasteiger partial charge in [0.15, 0.2) is 22.8 Å². The summed E-state index contributed by atoms with van der Waals surface area (Å²) in [4.78, 5) is 26.0. The third-order valence-corrected chi connectivity index (χ3v) is 4.93. The molecule has 0 amide bonds. The topological polar surface area (TPSA) is 220 Å². The average Bonchev–Trinajstić information content (AvgIpc) is 2.89. The van der Waals surface area contributed by atoms with Crippen molar-refractivity contribution in [3.63, 3.8) is 0 Å². The van der Waals surface area contributed by atoms with Crippen molar-refractivity contribution in [3.8, 4) is 36.4 Å². The number of hydrogen-bond donors (Lipinski definition) is 0. The third kappa shape index (κ3) is 2.59. The molecule has 0 N–H and O–H groups in total. The average molecular weight is 434 g/mol. The van der Waals surface area contributed by atoms with Crippen molar-refractivity contribution in [2.24, 2.45) is 0 Å². The lowest BCUT2D eigenvalue weighted by Crippen LogP contribution is -2.04. The smallest absolute Gasteiger partial charge is 0.177 e. The van der Waals surface area contributed by atoms with E-state index in [2.05, 4.69) is 29.9 Å². The monoisotopic (exact) mass is 434 g/mol. The molecule has 0 bridgehead atoms. The highest BCUT2D eigenvalue weighted by molar-refractivity contribution is 6.19. The molecule has 3 heterocycles. The lowest BCUT2D eigenvalue weighted by Gasteiger charge is -2.09. The lowest BCUT2D eigenvalue weighted by molar-refractivity contribution is 1.17. The molecule has 0 saturated carbocycles. The zero-order valence-corrected chi connectivity index (χ0v) is 16.5. The van der Waals surface area contributed by atoms with Gasteiger partial charge in [-0.1, -0.05) is 0 Å². The molecule has 0 aliphatic heterocycles. The van der Waals surface area contributed by atoms with Crippen molar-refractivity contribution < 1.29 is 0 Å². The highest BCUT2D eigenvalue weighted by Gasteiger charge is 2.22. The van der Waals surface area contributed by atoms with Crippen molar-refractivity contribution in [3.05, 3.63) is 46.0 Å². The van der Waals surface area contributed by atoms with Gasteiger partial charge in [-0.25, -0.2) is 29.9 Å². The van der Waals surface area contributed by atoms with Crippen LogP contribution in [0.15, 0.2) is 12.1 Å². The van der Waals surface area contributed by atoms with Gasteiger partial charge in [0.25, 0.3) is 0 Å². The molecule has 0 unspecified atom stereocenters. The fourth-order valence-corrected chi connectivity index (χ4v) is 3.46. The summed E-state index contributed by atoms with van der Waals surface area (Å²) < 4.78 is 0. The molecule has 34 heavy (non-hydrogen) atoms. The molecule has 0 aliphatic rings. The first-order valence-corrected chi connectivity index (χ1v) is 9.18. The minimum absolute atomic E-state index is 0.0364. The van der Waals surface area contributed by atoms with E-state index in [9.17, 15) is 31.6 Å². The van der Waals surface area contributed by atoms with E-state index < -0.39 is 0 Å². The molecule has 5 aromatic rings. The Morgan fingerprint density at radius 1 is 0.382 bits per heavy atom. The summed E-state index contributed by atoms with van der Waals surface area (Å²) in [6.07, 6.45) is 0. The van der Waals surface area contributed by atoms with Gasteiger partial charge in [0, 0.05) is 0 Å². The Hall–Kier alpha value is -6.34. The molecule has 5 rings (SSSR count). The van der Waals surface area contributed by atoms with Crippen LogP contribution in [-0.4, -0.2) is 29.9 Å². The number of benzene rings is 2. The predicted octanol–water partition coefficient (Wildman–Crippen LogP) is 1.90. The number of nitriles is 6. The number of rotatable bonds is 0. The van der Waals surface area contributed by atoms with Gasteiger partial charge in [-0.05, 0) is 12.1 Å². The van der Waals surface area contributed by atoms with Crippen LogP contribution < -0.4 is 0 Å². The predicted molar refractivity (Wildman–Crippen MR) is 112 cm³/mol. The van der Waals surface area contributed by atoms with E-state index in [0.717, 1.165) is 0 Å². The first kappa shape index (κ1) is 19.6. The minimum atomic E-state index is -0.264. The molecule has 0 atom stereocenters. The fraction of sp³-hybridized carbons (Fsp3) is 0. The van der Waals surface area contributed by atoms with E-state index in [4.69, 9.17) is 0 Å². The maximum Gasteiger partial charge on any atom is 0.177 e. The fourth-order valence-electron chi connectivity index (χ4n) is 3.46. The van der Waals surface area contributed by atoms with Crippen molar-refractivity contribution in [2.75, 3.05) is 0 Å². The summed E-state index contributed by atoms with van der Waals surface area (Å²) in [6, 6.07) is 13.8. The van der Waals surface area contributed by atoms with Crippen molar-refractivity contribution in [1.82, 2.24) is 29.9 Å². The zero-order chi connectivity index (χ0) is 24.0. The third-order valence-electron chi connectivity index (χ3n) is 4.93. The van der Waals surface area contributed by atoms with Crippen LogP contribution in [0.1, 0.15) is 33.9 Å². The first-order valence-electron chi connectivity index (χ1n) is 9.18. The molecule has 12 nitrogen and oxygen atoms in total. The number of hydrogen-bond acceptors (Lipinski definition) is 12. The number of fused-ring (bicyclic) bond motifs is 7. The molecular formula is C22H2N12. The second kappa shape index (κ2) is 7.12. The SMILES string of the molecule is N#Cc1cc2nc3c4nc(C#N)c(C#N)nc4c4nc(C#N)c(C#N)nc4c3nc2cc1C#N. The number of nitrogens with zero attached hydrogens (tertiary/aromatic N) is 12. The number of aromatic nitrogens is 6. The zero-order valence-electron chi connectivity index (χ0n) is 16.5. The van der Waals surface area contributed by atoms with Gasteiger partial charge in [-0.15, -0.1) is 0 Å². The van der Waals surface area contributed by atoms with Crippen LogP contribution >= 0.6 is 0 Å². The molecule has 0 radical (unpaired) electrons. The van der Waals surface area contributed by atoms with Crippen molar-refractivity contribution >= 4 is 44.1 Å². The van der Waals surface area contributed by atoms with Crippen molar-refractivity contribution in [2.45, 2.75) is 0 Å². The standard InChI is InChI=1S/C22H2N12/c23-3-9-1-11-12(2-10(9)4-24)30-18-17(29-11)19-21(33-15(7-27)13(5-25)31-19)22-20(18)32-14(6-26)16(8-28)34-22/h1-2H. The van der Waals surface area contributed by atoms with Crippen LogP contribution in [0.2, 0.25) is 0 Å². The van der Waals surface area contributed by atoms with Gasteiger partial charge in [0.05, 0.1) is 22.2 Å². The van der Waals surface area contributed by atoms with Crippen LogP contribution in [0, 0.1) is 68.0 Å². The molecule has 3 aromatic heterocycles. The summed E-state index contributed by atoms with van der Waals surface area (Å²) >= 11 is 0. The summed E-state index contributed by atoms with van der Waals surface area (Å²) in [5.41, 5.74) is 0.128. The lowest BCUT2D eigenvalue weighted by atomic mass is 10.1. The normalized spacial score (nSPS) is 10.2. The molecular weight excluding hydrogens is 432 g/mol. The summed E-state index contributed by atoms with van der Waals surface area (Å²) in [7, 11) is 0. The minimum Gasteiger partial charge on any atom is -0.242 e. The molecule has 2 aromatic carbocycles. The Bertz CT molecular complexity index is 1890. The molecule has 150 valence electrons. The summed E-state index contributed by atoms with van der Waals surface area (Å²) in [5, 5.41) is 56.4. The van der Waals surface area contributed by atoms with E-state index >= 15 is 0 Å². The Morgan fingerprint density at radius 2 is 0.647 bits per heavy atom. The second-order valence-electron chi connectivity index (χ2n) is 6.71. The molecule has 0 spiro atoms. The molecule has 0 aliphatic carbocycles. The van der Waals surface area contributed by atoms with Gasteiger partial charge >= 0.3 is 0 Å². The highest BCUT2D eigenvalue weighted by Crippen LogP contribution is 2.32. The van der Waals surface area contributed by atoms with Gasteiger partial charge < -0.3 is 0 Å². The van der Waals surface area contributed by atoms with Gasteiger partial charge in [0.2, 0.25) is 0 Å². The van der Waals surface area contributed by atoms with Gasteiger partial charge in [-0.2, -0.15) is 31.6 Å². The van der Waals surface area contributed by atoms with Crippen LogP contribution in [0.25, 0.3) is 44.1 Å². The van der Waals surface area contributed by atoms with E-state index in [1.807, 2.05) is 24.3 Å². The Balaban J connectivity index is 2.12. The Labute approximate surface area is 188 Å². The van der Waals surface area contributed by atoms with E-state index in [1.165, 1.54) is 12.1 Å². The summed E-state index contributed by atoms with van der Waals surface area (Å²) in [5.74, 6) is 0. The Morgan fingerprint density at radius 3 is 0.882 bits per heavy atom. The van der Waals surface area contributed by atoms with Crippen LogP contribution in [0.3, 0.4) is 0 Å². The van der Waals surface area contributed by atoms with Crippen LogP contribution in [0.5, 0.6) is 0 Å². The molecule has 0 saturated heterocycles. The second-order valence-corrected chi connectivity index (χ2v) is 6.71. The maximum absolute atomic E-state index is 9.43. The van der Waals surface area contributed by atoms with E-state index in [1.54, 1.807) is 12.1 Å². The quantitative estimate of drug-likeness (QED) is 0.252. The van der Waals surface area contributed by atoms with E-state index in [0.29, 0.717) is 0 Å². The molecule has 12 heteroatoms. The van der Waals surface area contributed by atoms with Gasteiger partial charge in [0.1, 0.15) is 69.5 Å². The van der Waals surface area contributed by atoms with Crippen LogP contribution in [0.4, 0.5) is 0 Å². The molecule has 0 fully saturated rings. The van der Waals surface area contributed by atoms with Crippen molar-refractivity contribution in [1.29, 1.82) is 31.6 Å².